The lowest BCUT2D eigenvalue weighted by molar-refractivity contribution is 0.102. The number of anilines is 2. The number of carbonyl (C=O) groups is 1. The van der Waals surface area contributed by atoms with Gasteiger partial charge in [-0.25, -0.2) is 4.98 Å². The zero-order chi connectivity index (χ0) is 13.7. The van der Waals surface area contributed by atoms with Crippen molar-refractivity contribution in [3.63, 3.8) is 0 Å². The summed E-state index contributed by atoms with van der Waals surface area (Å²) in [5.74, 6) is 0.338. The molecule has 2 N–H and O–H groups in total. The molecule has 5 nitrogen and oxygen atoms in total. The van der Waals surface area contributed by atoms with Crippen molar-refractivity contribution in [1.29, 1.82) is 0 Å². The molecule has 0 aliphatic heterocycles. The summed E-state index contributed by atoms with van der Waals surface area (Å²) in [6.07, 6.45) is 3.22. The molecule has 19 heavy (non-hydrogen) atoms. The first-order valence-electron chi connectivity index (χ1n) is 5.82. The number of pyridine rings is 2. The molecule has 2 rings (SSSR count). The number of halogens is 1. The van der Waals surface area contributed by atoms with E-state index in [-0.39, 0.29) is 11.1 Å². The normalized spacial score (nSPS) is 10.0. The van der Waals surface area contributed by atoms with Gasteiger partial charge in [-0.3, -0.25) is 9.78 Å². The van der Waals surface area contributed by atoms with Crippen LogP contribution in [-0.4, -0.2) is 22.4 Å². The van der Waals surface area contributed by atoms with Gasteiger partial charge in [-0.1, -0.05) is 11.6 Å². The van der Waals surface area contributed by atoms with E-state index in [1.807, 2.05) is 6.92 Å². The third-order valence-electron chi connectivity index (χ3n) is 2.35. The molecule has 2 aromatic heterocycles. The van der Waals surface area contributed by atoms with Crippen LogP contribution in [0, 0.1) is 0 Å². The number of rotatable bonds is 4. The van der Waals surface area contributed by atoms with Crippen LogP contribution in [-0.2, 0) is 0 Å². The fourth-order valence-electron chi connectivity index (χ4n) is 1.54. The molecule has 0 spiro atoms. The largest absolute Gasteiger partial charge is 0.370 e. The van der Waals surface area contributed by atoms with E-state index in [2.05, 4.69) is 20.6 Å². The summed E-state index contributed by atoms with van der Waals surface area (Å²) in [6, 6.07) is 6.61. The molecule has 0 bridgehead atoms. The summed E-state index contributed by atoms with van der Waals surface area (Å²) in [4.78, 5) is 20.0. The van der Waals surface area contributed by atoms with Crippen LogP contribution in [0.4, 0.5) is 11.5 Å². The Balaban J connectivity index is 2.19. The van der Waals surface area contributed by atoms with Gasteiger partial charge in [0.25, 0.3) is 5.91 Å². The lowest BCUT2D eigenvalue weighted by Crippen LogP contribution is -2.13. The smallest absolute Gasteiger partial charge is 0.255 e. The van der Waals surface area contributed by atoms with Crippen LogP contribution in [0.25, 0.3) is 0 Å². The Morgan fingerprint density at radius 2 is 2.05 bits per heavy atom. The zero-order valence-electron chi connectivity index (χ0n) is 10.4. The van der Waals surface area contributed by atoms with Crippen LogP contribution < -0.4 is 10.6 Å². The highest BCUT2D eigenvalue weighted by Crippen LogP contribution is 2.16. The third kappa shape index (κ3) is 3.66. The van der Waals surface area contributed by atoms with Crippen LogP contribution in [0.3, 0.4) is 0 Å². The van der Waals surface area contributed by atoms with Crippen molar-refractivity contribution < 1.29 is 4.79 Å². The van der Waals surface area contributed by atoms with Crippen molar-refractivity contribution in [2.45, 2.75) is 6.92 Å². The standard InChI is InChI=1S/C13H13ClN4O/c1-2-16-12-8-9(7-11(14)18-12)13(19)17-10-3-5-15-6-4-10/h3-8H,2H2,1H3,(H,16,18)(H,15,17,19). The molecule has 0 saturated carbocycles. The summed E-state index contributed by atoms with van der Waals surface area (Å²) in [6.45, 7) is 2.65. The second kappa shape index (κ2) is 6.15. The van der Waals surface area contributed by atoms with E-state index < -0.39 is 0 Å². The number of nitrogens with zero attached hydrogens (tertiary/aromatic N) is 2. The molecule has 0 radical (unpaired) electrons. The Hall–Kier alpha value is -2.14. The van der Waals surface area contributed by atoms with E-state index in [1.54, 1.807) is 30.6 Å². The number of amides is 1. The highest BCUT2D eigenvalue weighted by molar-refractivity contribution is 6.30. The fourth-order valence-corrected chi connectivity index (χ4v) is 1.75. The van der Waals surface area contributed by atoms with Crippen molar-refractivity contribution in [2.75, 3.05) is 17.2 Å². The average molecular weight is 277 g/mol. The van der Waals surface area contributed by atoms with Gasteiger partial charge >= 0.3 is 0 Å². The van der Waals surface area contributed by atoms with Gasteiger partial charge in [0.2, 0.25) is 0 Å². The molecule has 0 aliphatic rings. The number of hydrogen-bond acceptors (Lipinski definition) is 4. The highest BCUT2D eigenvalue weighted by Gasteiger charge is 2.09. The van der Waals surface area contributed by atoms with E-state index >= 15 is 0 Å². The van der Waals surface area contributed by atoms with E-state index in [0.717, 1.165) is 0 Å². The minimum absolute atomic E-state index is 0.241. The first-order valence-corrected chi connectivity index (χ1v) is 6.19. The van der Waals surface area contributed by atoms with Gasteiger partial charge in [-0.2, -0.15) is 0 Å². The number of hydrogen-bond donors (Lipinski definition) is 2. The van der Waals surface area contributed by atoms with Gasteiger partial charge in [-0.15, -0.1) is 0 Å². The first-order chi connectivity index (χ1) is 9.19. The van der Waals surface area contributed by atoms with Gasteiger partial charge in [0.15, 0.2) is 0 Å². The Bertz CT molecular complexity index is 574. The molecular weight excluding hydrogens is 264 g/mol. The van der Waals surface area contributed by atoms with Crippen LogP contribution in [0.2, 0.25) is 5.15 Å². The molecule has 98 valence electrons. The molecule has 2 heterocycles. The summed E-state index contributed by atoms with van der Waals surface area (Å²) >= 11 is 5.89. The molecule has 0 aliphatic carbocycles. The lowest BCUT2D eigenvalue weighted by atomic mass is 10.2. The van der Waals surface area contributed by atoms with Crippen molar-refractivity contribution in [3.8, 4) is 0 Å². The lowest BCUT2D eigenvalue weighted by Gasteiger charge is -2.08. The molecule has 0 saturated heterocycles. The van der Waals surface area contributed by atoms with Crippen molar-refractivity contribution in [3.05, 3.63) is 47.4 Å². The topological polar surface area (TPSA) is 66.9 Å². The maximum Gasteiger partial charge on any atom is 0.255 e. The Kier molecular flexibility index (Phi) is 4.30. The zero-order valence-corrected chi connectivity index (χ0v) is 11.1. The highest BCUT2D eigenvalue weighted by atomic mass is 35.5. The van der Waals surface area contributed by atoms with E-state index in [0.29, 0.717) is 23.6 Å². The average Bonchev–Trinajstić information content (AvgIpc) is 2.39. The van der Waals surface area contributed by atoms with Crippen LogP contribution in [0.15, 0.2) is 36.7 Å². The van der Waals surface area contributed by atoms with E-state index in [1.165, 1.54) is 6.07 Å². The molecule has 0 aromatic carbocycles. The van der Waals surface area contributed by atoms with Gasteiger partial charge in [0, 0.05) is 30.2 Å². The van der Waals surface area contributed by atoms with E-state index in [4.69, 9.17) is 11.6 Å². The second-order valence-corrected chi connectivity index (χ2v) is 4.17. The first kappa shape index (κ1) is 13.3. The predicted molar refractivity (Wildman–Crippen MR) is 75.6 cm³/mol. The van der Waals surface area contributed by atoms with E-state index in [9.17, 15) is 4.79 Å². The second-order valence-electron chi connectivity index (χ2n) is 3.78. The van der Waals surface area contributed by atoms with Crippen LogP contribution in [0.5, 0.6) is 0 Å². The number of nitrogens with one attached hydrogen (secondary N) is 2. The summed E-state index contributed by atoms with van der Waals surface area (Å²) in [5, 5.41) is 6.06. The monoisotopic (exact) mass is 276 g/mol. The maximum absolute atomic E-state index is 12.1. The van der Waals surface area contributed by atoms with Gasteiger partial charge in [0.1, 0.15) is 11.0 Å². The van der Waals surface area contributed by atoms with Gasteiger partial charge in [-0.05, 0) is 31.2 Å². The van der Waals surface area contributed by atoms with Crippen LogP contribution >= 0.6 is 11.6 Å². The Morgan fingerprint density at radius 3 is 2.74 bits per heavy atom. The molecule has 1 amide bonds. The minimum Gasteiger partial charge on any atom is -0.370 e. The Morgan fingerprint density at radius 1 is 1.32 bits per heavy atom. The van der Waals surface area contributed by atoms with Gasteiger partial charge in [0.05, 0.1) is 0 Å². The maximum atomic E-state index is 12.1. The fraction of sp³-hybridized carbons (Fsp3) is 0.154. The molecule has 6 heteroatoms. The summed E-state index contributed by atoms with van der Waals surface area (Å²) in [5.41, 5.74) is 1.13. The molecular formula is C13H13ClN4O. The van der Waals surface area contributed by atoms with Gasteiger partial charge < -0.3 is 10.6 Å². The summed E-state index contributed by atoms with van der Waals surface area (Å²) in [7, 11) is 0. The third-order valence-corrected chi connectivity index (χ3v) is 2.55. The number of aromatic nitrogens is 2. The molecule has 0 atom stereocenters. The van der Waals surface area contributed by atoms with Crippen molar-refractivity contribution >= 4 is 29.0 Å². The molecule has 0 fully saturated rings. The predicted octanol–water partition coefficient (Wildman–Crippen LogP) is 2.81. The van der Waals surface area contributed by atoms with Crippen molar-refractivity contribution in [2.24, 2.45) is 0 Å². The molecule has 2 aromatic rings. The molecule has 0 unspecified atom stereocenters. The van der Waals surface area contributed by atoms with Crippen molar-refractivity contribution in [1.82, 2.24) is 9.97 Å². The SMILES string of the molecule is CCNc1cc(C(=O)Nc2ccncc2)cc(Cl)n1. The van der Waals surface area contributed by atoms with Crippen LogP contribution in [0.1, 0.15) is 17.3 Å². The Labute approximate surface area is 116 Å². The minimum atomic E-state index is -0.241. The number of carbonyl (C=O) groups excluding carboxylic acids is 1. The quantitative estimate of drug-likeness (QED) is 0.843. The summed E-state index contributed by atoms with van der Waals surface area (Å²) < 4.78 is 0.